The molecule has 0 amide bonds. The van der Waals surface area contributed by atoms with Gasteiger partial charge in [0.1, 0.15) is 11.8 Å². The van der Waals surface area contributed by atoms with E-state index in [-0.39, 0.29) is 5.95 Å². The maximum absolute atomic E-state index is 12.7. The molecule has 2 rings (SSSR count). The zero-order chi connectivity index (χ0) is 6.97. The zero-order valence-corrected chi connectivity index (χ0v) is 5.08. The predicted molar refractivity (Wildman–Crippen MR) is 34.0 cm³/mol. The molecule has 0 bridgehead atoms. The molecule has 10 heavy (non-hydrogen) atoms. The van der Waals surface area contributed by atoms with Gasteiger partial charge in [-0.05, 0) is 12.1 Å². The van der Waals surface area contributed by atoms with E-state index in [0.717, 1.165) is 0 Å². The fourth-order valence-corrected chi connectivity index (χ4v) is 0.855. The quantitative estimate of drug-likeness (QED) is 0.497. The average molecular weight is 135 g/mol. The minimum Gasteiger partial charge on any atom is -0.275 e. The standard InChI is InChI=1S/C7H4FN2/c8-6-2-1-3-7-9-4-5-10(6)7/h1-3,5H. The van der Waals surface area contributed by atoms with E-state index in [1.54, 1.807) is 12.1 Å². The molecule has 0 aromatic carbocycles. The van der Waals surface area contributed by atoms with Crippen molar-refractivity contribution in [1.29, 1.82) is 0 Å². The molecule has 0 N–H and O–H groups in total. The van der Waals surface area contributed by atoms with Gasteiger partial charge in [-0.25, -0.2) is 4.98 Å². The van der Waals surface area contributed by atoms with Gasteiger partial charge in [0.05, 0.1) is 0 Å². The first-order valence-corrected chi connectivity index (χ1v) is 2.87. The summed E-state index contributed by atoms with van der Waals surface area (Å²) in [5.74, 6) is -0.314. The molecule has 1 radical (unpaired) electrons. The summed E-state index contributed by atoms with van der Waals surface area (Å²) in [4.78, 5) is 3.78. The van der Waals surface area contributed by atoms with Crippen molar-refractivity contribution in [2.24, 2.45) is 0 Å². The molecule has 0 saturated heterocycles. The molecule has 0 aliphatic carbocycles. The summed E-state index contributed by atoms with van der Waals surface area (Å²) in [6, 6.07) is 4.72. The first-order chi connectivity index (χ1) is 4.88. The monoisotopic (exact) mass is 135 g/mol. The lowest BCUT2D eigenvalue weighted by molar-refractivity contribution is 0.568. The van der Waals surface area contributed by atoms with Crippen molar-refractivity contribution >= 4 is 5.65 Å². The Labute approximate surface area is 56.9 Å². The Kier molecular flexibility index (Phi) is 0.974. The van der Waals surface area contributed by atoms with Gasteiger partial charge >= 0.3 is 0 Å². The average Bonchev–Trinajstić information content (AvgIpc) is 2.36. The maximum atomic E-state index is 12.7. The van der Waals surface area contributed by atoms with E-state index in [1.165, 1.54) is 16.7 Å². The van der Waals surface area contributed by atoms with Crippen molar-refractivity contribution in [2.75, 3.05) is 0 Å². The molecule has 0 unspecified atom stereocenters. The first kappa shape index (κ1) is 5.41. The van der Waals surface area contributed by atoms with Crippen LogP contribution in [0.5, 0.6) is 0 Å². The Hall–Kier alpha value is -1.38. The molecule has 2 aromatic heterocycles. The van der Waals surface area contributed by atoms with Crippen molar-refractivity contribution in [2.45, 2.75) is 0 Å². The molecule has 2 nitrogen and oxygen atoms in total. The highest BCUT2D eigenvalue weighted by atomic mass is 19.1. The van der Waals surface area contributed by atoms with Gasteiger partial charge in [-0.3, -0.25) is 4.40 Å². The van der Waals surface area contributed by atoms with E-state index in [4.69, 9.17) is 0 Å². The SMILES string of the molecule is Fc1cccc2n[c]cn12. The highest BCUT2D eigenvalue weighted by Gasteiger charge is 1.95. The van der Waals surface area contributed by atoms with E-state index < -0.39 is 0 Å². The molecule has 0 fully saturated rings. The summed E-state index contributed by atoms with van der Waals surface area (Å²) in [6.07, 6.45) is 4.01. The van der Waals surface area contributed by atoms with Crippen LogP contribution in [-0.4, -0.2) is 9.38 Å². The Balaban J connectivity index is 2.95. The van der Waals surface area contributed by atoms with Crippen LogP contribution in [0.4, 0.5) is 4.39 Å². The minimum atomic E-state index is -0.314. The number of imidazole rings is 1. The van der Waals surface area contributed by atoms with Gasteiger partial charge in [-0.15, -0.1) is 0 Å². The van der Waals surface area contributed by atoms with Gasteiger partial charge in [0, 0.05) is 6.20 Å². The van der Waals surface area contributed by atoms with Gasteiger partial charge in [-0.1, -0.05) is 6.07 Å². The third-order valence-electron chi connectivity index (χ3n) is 1.32. The highest BCUT2D eigenvalue weighted by molar-refractivity contribution is 5.36. The van der Waals surface area contributed by atoms with Gasteiger partial charge < -0.3 is 0 Å². The summed E-state index contributed by atoms with van der Waals surface area (Å²) >= 11 is 0. The van der Waals surface area contributed by atoms with Crippen LogP contribution in [0, 0.1) is 12.1 Å². The Morgan fingerprint density at radius 3 is 3.20 bits per heavy atom. The maximum Gasteiger partial charge on any atom is 0.199 e. The predicted octanol–water partition coefficient (Wildman–Crippen LogP) is 1.27. The lowest BCUT2D eigenvalue weighted by atomic mass is 10.5. The zero-order valence-electron chi connectivity index (χ0n) is 5.08. The number of nitrogens with zero attached hydrogens (tertiary/aromatic N) is 2. The van der Waals surface area contributed by atoms with E-state index in [2.05, 4.69) is 11.2 Å². The van der Waals surface area contributed by atoms with Crippen LogP contribution >= 0.6 is 0 Å². The van der Waals surface area contributed by atoms with Crippen LogP contribution in [0.2, 0.25) is 0 Å². The van der Waals surface area contributed by atoms with Crippen molar-refractivity contribution in [3.05, 3.63) is 36.5 Å². The summed E-state index contributed by atoms with van der Waals surface area (Å²) in [5.41, 5.74) is 0.583. The van der Waals surface area contributed by atoms with E-state index >= 15 is 0 Å². The van der Waals surface area contributed by atoms with Crippen LogP contribution in [0.3, 0.4) is 0 Å². The lowest BCUT2D eigenvalue weighted by Crippen LogP contribution is -1.88. The summed E-state index contributed by atoms with van der Waals surface area (Å²) in [7, 11) is 0. The fraction of sp³-hybridized carbons (Fsp3) is 0. The van der Waals surface area contributed by atoms with Gasteiger partial charge in [0.25, 0.3) is 0 Å². The van der Waals surface area contributed by atoms with Crippen molar-refractivity contribution in [3.63, 3.8) is 0 Å². The van der Waals surface area contributed by atoms with E-state index in [1.807, 2.05) is 0 Å². The molecule has 0 aliphatic rings. The van der Waals surface area contributed by atoms with Crippen molar-refractivity contribution < 1.29 is 4.39 Å². The molecular weight excluding hydrogens is 131 g/mol. The third-order valence-corrected chi connectivity index (χ3v) is 1.32. The Bertz CT molecular complexity index is 353. The van der Waals surface area contributed by atoms with Crippen LogP contribution in [0.1, 0.15) is 0 Å². The number of fused-ring (bicyclic) bond motifs is 1. The molecule has 3 heteroatoms. The second kappa shape index (κ2) is 1.80. The smallest absolute Gasteiger partial charge is 0.199 e. The summed E-state index contributed by atoms with van der Waals surface area (Å²) in [6.45, 7) is 0. The Morgan fingerprint density at radius 2 is 2.40 bits per heavy atom. The van der Waals surface area contributed by atoms with Crippen LogP contribution in [0.25, 0.3) is 5.65 Å². The van der Waals surface area contributed by atoms with Crippen LogP contribution < -0.4 is 0 Å². The first-order valence-electron chi connectivity index (χ1n) is 2.87. The molecule has 0 aliphatic heterocycles. The minimum absolute atomic E-state index is 0.314. The molecule has 49 valence electrons. The second-order valence-corrected chi connectivity index (χ2v) is 1.95. The van der Waals surface area contributed by atoms with Crippen molar-refractivity contribution in [3.8, 4) is 0 Å². The van der Waals surface area contributed by atoms with Crippen LogP contribution in [-0.2, 0) is 0 Å². The molecule has 0 spiro atoms. The molecule has 2 heterocycles. The topological polar surface area (TPSA) is 17.3 Å². The van der Waals surface area contributed by atoms with Crippen LogP contribution in [0.15, 0.2) is 24.4 Å². The number of hydrogen-bond donors (Lipinski definition) is 0. The second-order valence-electron chi connectivity index (χ2n) is 1.95. The normalized spacial score (nSPS) is 10.5. The molecule has 0 saturated carbocycles. The van der Waals surface area contributed by atoms with Crippen molar-refractivity contribution in [1.82, 2.24) is 9.38 Å². The number of hydrogen-bond acceptors (Lipinski definition) is 1. The number of aromatic nitrogens is 2. The van der Waals surface area contributed by atoms with E-state index in [9.17, 15) is 4.39 Å². The number of pyridine rings is 1. The highest BCUT2D eigenvalue weighted by Crippen LogP contribution is 2.02. The number of halogens is 1. The molecule has 0 atom stereocenters. The third kappa shape index (κ3) is 0.603. The van der Waals surface area contributed by atoms with E-state index in [0.29, 0.717) is 5.65 Å². The van der Waals surface area contributed by atoms with Gasteiger partial charge in [0.15, 0.2) is 5.95 Å². The molecular formula is C7H4FN2. The van der Waals surface area contributed by atoms with Gasteiger partial charge in [0.2, 0.25) is 0 Å². The summed E-state index contributed by atoms with van der Waals surface area (Å²) in [5, 5.41) is 0. The summed E-state index contributed by atoms with van der Waals surface area (Å²) < 4.78 is 14.1. The lowest BCUT2D eigenvalue weighted by Gasteiger charge is -1.91. The Morgan fingerprint density at radius 1 is 1.50 bits per heavy atom. The fourth-order valence-electron chi connectivity index (χ4n) is 0.855. The van der Waals surface area contributed by atoms with Gasteiger partial charge in [-0.2, -0.15) is 4.39 Å². The largest absolute Gasteiger partial charge is 0.275 e. The molecule has 2 aromatic rings. The number of rotatable bonds is 0.